The third-order valence-corrected chi connectivity index (χ3v) is 4.54. The summed E-state index contributed by atoms with van der Waals surface area (Å²) in [5.74, 6) is -2.49. The number of oxime groups is 1. The molecule has 7 nitrogen and oxygen atoms in total. The number of aliphatic carboxylic acids is 1. The third-order valence-electron chi connectivity index (χ3n) is 4.54. The highest BCUT2D eigenvalue weighted by Gasteiger charge is 2.40. The maximum Gasteiger partial charge on any atom is 0.410 e. The number of alkyl halides is 3. The molecule has 0 fully saturated rings. The molecule has 0 radical (unpaired) electrons. The Labute approximate surface area is 188 Å². The Bertz CT molecular complexity index is 1050. The molecule has 33 heavy (non-hydrogen) atoms. The Morgan fingerprint density at radius 1 is 1.06 bits per heavy atom. The first-order valence-electron chi connectivity index (χ1n) is 9.58. The molecule has 0 amide bonds. The number of carbonyl (C=O) groups is 2. The Kier molecular flexibility index (Phi) is 8.22. The number of carboxylic acids is 1. The minimum atomic E-state index is -4.82. The van der Waals surface area contributed by atoms with Gasteiger partial charge in [0.25, 0.3) is 5.60 Å². The fourth-order valence-electron chi connectivity index (χ4n) is 2.85. The topological polar surface area (TPSA) is 94.4 Å². The van der Waals surface area contributed by atoms with Gasteiger partial charge in [-0.3, -0.25) is 0 Å². The van der Waals surface area contributed by atoms with E-state index in [1.54, 1.807) is 30.3 Å². The molecule has 2 rings (SSSR count). The smallest absolute Gasteiger partial charge is 0.410 e. The number of rotatable bonds is 8. The molecule has 0 heterocycles. The maximum absolute atomic E-state index is 12.8. The lowest BCUT2D eigenvalue weighted by atomic mass is 9.96. The quantitative estimate of drug-likeness (QED) is 0.200. The molecule has 0 saturated heterocycles. The zero-order chi connectivity index (χ0) is 24.6. The van der Waals surface area contributed by atoms with Crippen LogP contribution in [0.25, 0.3) is 5.57 Å². The van der Waals surface area contributed by atoms with Gasteiger partial charge in [-0.2, -0.15) is 13.2 Å². The van der Waals surface area contributed by atoms with Gasteiger partial charge in [-0.25, -0.2) is 9.59 Å². The van der Waals surface area contributed by atoms with Crippen LogP contribution in [-0.2, 0) is 36.1 Å². The van der Waals surface area contributed by atoms with E-state index in [-0.39, 0.29) is 29.7 Å². The average Bonchev–Trinajstić information content (AvgIpc) is 2.79. The second kappa shape index (κ2) is 10.7. The first kappa shape index (κ1) is 25.4. The first-order chi connectivity index (χ1) is 15.5. The van der Waals surface area contributed by atoms with Gasteiger partial charge in [-0.15, -0.1) is 0 Å². The maximum atomic E-state index is 12.8. The Morgan fingerprint density at radius 3 is 2.24 bits per heavy atom. The first-order valence-corrected chi connectivity index (χ1v) is 9.58. The van der Waals surface area contributed by atoms with E-state index in [0.29, 0.717) is 5.56 Å². The number of esters is 1. The van der Waals surface area contributed by atoms with Crippen LogP contribution in [0.4, 0.5) is 13.2 Å². The predicted molar refractivity (Wildman–Crippen MR) is 113 cm³/mol. The standard InChI is InChI=1S/C23H22F3NO6/c1-15(27-33-22(2,21(30)31-3)17-10-5-4-6-11-17)32-14-16-9-7-8-12-18(16)19(20(28)29)13-23(24,25)26/h4-13H,14H2,1-3H3,(H,28,29). The van der Waals surface area contributed by atoms with Crippen molar-refractivity contribution < 1.29 is 42.2 Å². The molecule has 0 bridgehead atoms. The molecule has 1 atom stereocenters. The van der Waals surface area contributed by atoms with Gasteiger partial charge in [0.15, 0.2) is 0 Å². The molecule has 0 saturated carbocycles. The van der Waals surface area contributed by atoms with Gasteiger partial charge in [0, 0.05) is 18.6 Å². The highest BCUT2D eigenvalue weighted by molar-refractivity contribution is 6.16. The Morgan fingerprint density at radius 2 is 1.67 bits per heavy atom. The summed E-state index contributed by atoms with van der Waals surface area (Å²) in [5, 5.41) is 13.1. The summed E-state index contributed by atoms with van der Waals surface area (Å²) in [7, 11) is 1.20. The number of carbonyl (C=O) groups excluding carboxylic acids is 1. The SMILES string of the molecule is COC(=O)C(C)(ON=C(C)OCc1ccccc1C(=CC(F)(F)F)C(=O)O)c1ccccc1. The summed E-state index contributed by atoms with van der Waals surface area (Å²) in [5.41, 5.74) is -2.00. The second-order valence-corrected chi connectivity index (χ2v) is 6.94. The van der Waals surface area contributed by atoms with E-state index in [4.69, 9.17) is 14.3 Å². The number of allylic oxidation sites excluding steroid dienone is 1. The number of benzene rings is 2. The summed E-state index contributed by atoms with van der Waals surface area (Å²) in [6.07, 6.45) is -5.09. The van der Waals surface area contributed by atoms with Crippen molar-refractivity contribution in [3.05, 3.63) is 77.4 Å². The van der Waals surface area contributed by atoms with E-state index in [9.17, 15) is 27.9 Å². The largest absolute Gasteiger partial charge is 0.478 e. The zero-order valence-electron chi connectivity index (χ0n) is 18.1. The van der Waals surface area contributed by atoms with Crippen molar-refractivity contribution in [3.63, 3.8) is 0 Å². The molecular weight excluding hydrogens is 443 g/mol. The van der Waals surface area contributed by atoms with E-state index in [2.05, 4.69) is 5.16 Å². The van der Waals surface area contributed by atoms with Crippen molar-refractivity contribution >= 4 is 23.4 Å². The lowest BCUT2D eigenvalue weighted by Gasteiger charge is -2.24. The molecular formula is C23H22F3NO6. The van der Waals surface area contributed by atoms with Crippen LogP contribution in [0.5, 0.6) is 0 Å². The Balaban J connectivity index is 2.24. The van der Waals surface area contributed by atoms with Crippen LogP contribution in [-0.4, -0.2) is 36.2 Å². The van der Waals surface area contributed by atoms with Gasteiger partial charge in [0.1, 0.15) is 6.61 Å². The van der Waals surface area contributed by atoms with Gasteiger partial charge < -0.3 is 19.4 Å². The molecule has 0 spiro atoms. The van der Waals surface area contributed by atoms with Crippen molar-refractivity contribution in [1.29, 1.82) is 0 Å². The highest BCUT2D eigenvalue weighted by Crippen LogP contribution is 2.28. The van der Waals surface area contributed by atoms with Crippen LogP contribution in [0, 0.1) is 0 Å². The monoisotopic (exact) mass is 465 g/mol. The fourth-order valence-corrected chi connectivity index (χ4v) is 2.85. The van der Waals surface area contributed by atoms with Gasteiger partial charge in [0.2, 0.25) is 5.90 Å². The number of carboxylic acid groups (broad SMARTS) is 1. The van der Waals surface area contributed by atoms with E-state index in [0.717, 1.165) is 0 Å². The number of halogens is 3. The number of methoxy groups -OCH3 is 1. The molecule has 0 aliphatic carbocycles. The van der Waals surface area contributed by atoms with Crippen molar-refractivity contribution in [3.8, 4) is 0 Å². The lowest BCUT2D eigenvalue weighted by molar-refractivity contribution is -0.169. The molecule has 0 aliphatic heterocycles. The molecule has 2 aromatic rings. The summed E-state index contributed by atoms with van der Waals surface area (Å²) in [4.78, 5) is 29.2. The van der Waals surface area contributed by atoms with Crippen molar-refractivity contribution in [2.75, 3.05) is 7.11 Å². The highest BCUT2D eigenvalue weighted by atomic mass is 19.4. The van der Waals surface area contributed by atoms with Crippen LogP contribution in [0.2, 0.25) is 0 Å². The van der Waals surface area contributed by atoms with Crippen molar-refractivity contribution in [2.45, 2.75) is 32.2 Å². The fraction of sp³-hybridized carbons (Fsp3) is 0.261. The number of hydrogen-bond acceptors (Lipinski definition) is 6. The van der Waals surface area contributed by atoms with Gasteiger partial charge in [-0.1, -0.05) is 59.8 Å². The minimum Gasteiger partial charge on any atom is -0.478 e. The van der Waals surface area contributed by atoms with Crippen LogP contribution < -0.4 is 0 Å². The van der Waals surface area contributed by atoms with Crippen LogP contribution >= 0.6 is 0 Å². The number of ether oxygens (including phenoxy) is 2. The zero-order valence-corrected chi connectivity index (χ0v) is 18.1. The molecule has 10 heteroatoms. The predicted octanol–water partition coefficient (Wildman–Crippen LogP) is 4.67. The average molecular weight is 465 g/mol. The summed E-state index contributed by atoms with van der Waals surface area (Å²) < 4.78 is 48.7. The van der Waals surface area contributed by atoms with Crippen molar-refractivity contribution in [1.82, 2.24) is 0 Å². The molecule has 2 aromatic carbocycles. The number of nitrogens with zero attached hydrogens (tertiary/aromatic N) is 1. The molecule has 176 valence electrons. The van der Waals surface area contributed by atoms with Crippen LogP contribution in [0.3, 0.4) is 0 Å². The minimum absolute atomic E-state index is 0.0486. The third kappa shape index (κ3) is 6.83. The van der Waals surface area contributed by atoms with Gasteiger partial charge in [-0.05, 0) is 18.1 Å². The lowest BCUT2D eigenvalue weighted by Crippen LogP contribution is -2.35. The van der Waals surface area contributed by atoms with Crippen molar-refractivity contribution in [2.24, 2.45) is 5.16 Å². The molecule has 1 unspecified atom stereocenters. The van der Waals surface area contributed by atoms with Crippen LogP contribution in [0.1, 0.15) is 30.5 Å². The van der Waals surface area contributed by atoms with E-state index < -0.39 is 29.3 Å². The van der Waals surface area contributed by atoms with E-state index >= 15 is 0 Å². The summed E-state index contributed by atoms with van der Waals surface area (Å²) in [6, 6.07) is 14.1. The molecule has 0 aromatic heterocycles. The Hall–Kier alpha value is -3.82. The molecule has 1 N–H and O–H groups in total. The van der Waals surface area contributed by atoms with Gasteiger partial charge >= 0.3 is 18.1 Å². The van der Waals surface area contributed by atoms with E-state index in [1.165, 1.54) is 45.2 Å². The second-order valence-electron chi connectivity index (χ2n) is 6.94. The van der Waals surface area contributed by atoms with Crippen LogP contribution in [0.15, 0.2) is 65.8 Å². The normalized spacial score (nSPS) is 14.2. The summed E-state index contributed by atoms with van der Waals surface area (Å²) >= 11 is 0. The van der Waals surface area contributed by atoms with E-state index in [1.807, 2.05) is 0 Å². The molecule has 0 aliphatic rings. The van der Waals surface area contributed by atoms with Gasteiger partial charge in [0.05, 0.1) is 12.7 Å². The number of hydrogen-bond donors (Lipinski definition) is 1. The summed E-state index contributed by atoms with van der Waals surface area (Å²) in [6.45, 7) is 2.58.